The van der Waals surface area contributed by atoms with Crippen LogP contribution in [-0.2, 0) is 16.1 Å². The number of hydrazone groups is 1. The summed E-state index contributed by atoms with van der Waals surface area (Å²) in [7, 11) is 0. The average Bonchev–Trinajstić information content (AvgIpc) is 2.67. The third-order valence-corrected chi connectivity index (χ3v) is 2.33. The van der Waals surface area contributed by atoms with Crippen LogP contribution in [0.15, 0.2) is 15.7 Å². The molecule has 1 N–H and O–H groups in total. The van der Waals surface area contributed by atoms with Gasteiger partial charge in [0.15, 0.2) is 5.76 Å². The van der Waals surface area contributed by atoms with E-state index in [1.54, 1.807) is 13.0 Å². The van der Waals surface area contributed by atoms with E-state index in [0.717, 1.165) is 5.01 Å². The van der Waals surface area contributed by atoms with Crippen LogP contribution in [0.2, 0.25) is 0 Å². The first-order chi connectivity index (χ1) is 8.06. The molecule has 1 aliphatic rings. The number of nitrogens with zero attached hydrogens (tertiary/aromatic N) is 3. The lowest BCUT2D eigenvalue weighted by atomic mass is 10.1. The minimum absolute atomic E-state index is 0.0131. The van der Waals surface area contributed by atoms with Gasteiger partial charge in [-0.3, -0.25) is 4.79 Å². The van der Waals surface area contributed by atoms with E-state index in [4.69, 9.17) is 9.63 Å². The van der Waals surface area contributed by atoms with Crippen LogP contribution in [0, 0.1) is 6.92 Å². The highest BCUT2D eigenvalue weighted by Crippen LogP contribution is 2.14. The standard InChI is InChI=1S/C10H11N3O4/c1-6-4-7(17-12-6)5-13-9(14)3-2-8(11-13)10(15)16/h4H,2-3,5H2,1H3,(H,15,16). The Labute approximate surface area is 96.7 Å². The molecule has 0 aliphatic carbocycles. The minimum atomic E-state index is -1.10. The highest BCUT2D eigenvalue weighted by Gasteiger charge is 2.24. The zero-order valence-corrected chi connectivity index (χ0v) is 9.21. The lowest BCUT2D eigenvalue weighted by Gasteiger charge is -2.20. The van der Waals surface area contributed by atoms with Crippen LogP contribution in [0.4, 0.5) is 0 Å². The van der Waals surface area contributed by atoms with Crippen molar-refractivity contribution in [2.75, 3.05) is 0 Å². The maximum absolute atomic E-state index is 11.5. The predicted octanol–water partition coefficient (Wildman–Crippen LogP) is 0.546. The first kappa shape index (κ1) is 11.3. The molecule has 0 bridgehead atoms. The highest BCUT2D eigenvalue weighted by atomic mass is 16.5. The topological polar surface area (TPSA) is 96.0 Å². The van der Waals surface area contributed by atoms with E-state index in [2.05, 4.69) is 10.3 Å². The van der Waals surface area contributed by atoms with Crippen LogP contribution < -0.4 is 0 Å². The summed E-state index contributed by atoms with van der Waals surface area (Å²) >= 11 is 0. The summed E-state index contributed by atoms with van der Waals surface area (Å²) in [6.45, 7) is 1.87. The second kappa shape index (κ2) is 4.36. The van der Waals surface area contributed by atoms with Gasteiger partial charge in [0.05, 0.1) is 5.69 Å². The van der Waals surface area contributed by atoms with Crippen molar-refractivity contribution < 1.29 is 19.2 Å². The molecule has 7 nitrogen and oxygen atoms in total. The van der Waals surface area contributed by atoms with Crippen LogP contribution >= 0.6 is 0 Å². The second-order valence-electron chi connectivity index (χ2n) is 3.74. The zero-order chi connectivity index (χ0) is 12.4. The van der Waals surface area contributed by atoms with Gasteiger partial charge < -0.3 is 9.63 Å². The number of hydrogen-bond acceptors (Lipinski definition) is 5. The van der Waals surface area contributed by atoms with Gasteiger partial charge in [0.2, 0.25) is 5.91 Å². The fraction of sp³-hybridized carbons (Fsp3) is 0.400. The van der Waals surface area contributed by atoms with Crippen LogP contribution in [0.5, 0.6) is 0 Å². The third-order valence-electron chi connectivity index (χ3n) is 2.33. The summed E-state index contributed by atoms with van der Waals surface area (Å²) in [5, 5.41) is 17.4. The van der Waals surface area contributed by atoms with Gasteiger partial charge in [-0.2, -0.15) is 5.10 Å². The van der Waals surface area contributed by atoms with Crippen molar-refractivity contribution in [3.05, 3.63) is 17.5 Å². The molecule has 1 aromatic heterocycles. The van der Waals surface area contributed by atoms with Gasteiger partial charge in [-0.05, 0) is 6.92 Å². The van der Waals surface area contributed by atoms with E-state index in [-0.39, 0.29) is 31.0 Å². The number of carbonyl (C=O) groups excluding carboxylic acids is 1. The summed E-state index contributed by atoms with van der Waals surface area (Å²) < 4.78 is 4.95. The Hall–Kier alpha value is -2.18. The molecule has 17 heavy (non-hydrogen) atoms. The number of carbonyl (C=O) groups is 2. The summed E-state index contributed by atoms with van der Waals surface area (Å²) in [4.78, 5) is 22.3. The van der Waals surface area contributed by atoms with Gasteiger partial charge in [0.1, 0.15) is 12.3 Å². The second-order valence-corrected chi connectivity index (χ2v) is 3.74. The maximum atomic E-state index is 11.5. The van der Waals surface area contributed by atoms with E-state index in [1.807, 2.05) is 0 Å². The van der Waals surface area contributed by atoms with Gasteiger partial charge in [-0.1, -0.05) is 5.16 Å². The number of amides is 1. The number of aliphatic carboxylic acids is 1. The maximum Gasteiger partial charge on any atom is 0.352 e. The first-order valence-corrected chi connectivity index (χ1v) is 5.09. The van der Waals surface area contributed by atoms with Gasteiger partial charge in [0.25, 0.3) is 0 Å². The van der Waals surface area contributed by atoms with Crippen molar-refractivity contribution in [3.8, 4) is 0 Å². The van der Waals surface area contributed by atoms with Gasteiger partial charge in [-0.15, -0.1) is 0 Å². The van der Waals surface area contributed by atoms with Crippen LogP contribution in [0.3, 0.4) is 0 Å². The molecular weight excluding hydrogens is 226 g/mol. The summed E-state index contributed by atoms with van der Waals surface area (Å²) in [6, 6.07) is 1.68. The predicted molar refractivity (Wildman–Crippen MR) is 56.1 cm³/mol. The third kappa shape index (κ3) is 2.49. The van der Waals surface area contributed by atoms with E-state index in [0.29, 0.717) is 11.5 Å². The molecule has 0 saturated heterocycles. The lowest BCUT2D eigenvalue weighted by Crippen LogP contribution is -2.33. The van der Waals surface area contributed by atoms with Crippen LogP contribution in [0.25, 0.3) is 0 Å². The SMILES string of the molecule is Cc1cc(CN2N=C(C(=O)O)CCC2=O)on1. The molecule has 0 unspecified atom stereocenters. The molecule has 1 amide bonds. The summed E-state index contributed by atoms with van der Waals surface area (Å²) in [5.41, 5.74) is 0.688. The van der Waals surface area contributed by atoms with Crippen molar-refractivity contribution in [1.29, 1.82) is 0 Å². The number of carboxylic acid groups (broad SMARTS) is 1. The quantitative estimate of drug-likeness (QED) is 0.827. The fourth-order valence-corrected chi connectivity index (χ4v) is 1.52. The van der Waals surface area contributed by atoms with Crippen molar-refractivity contribution in [2.24, 2.45) is 5.10 Å². The molecule has 0 spiro atoms. The number of hydrogen-bond donors (Lipinski definition) is 1. The molecule has 2 rings (SSSR count). The normalized spacial score (nSPS) is 15.9. The molecule has 0 saturated carbocycles. The van der Waals surface area contributed by atoms with E-state index in [9.17, 15) is 9.59 Å². The number of aryl methyl sites for hydroxylation is 1. The number of rotatable bonds is 3. The van der Waals surface area contributed by atoms with Crippen LogP contribution in [0.1, 0.15) is 24.3 Å². The Morgan fingerprint density at radius 2 is 2.35 bits per heavy atom. The Balaban J connectivity index is 2.15. The smallest absolute Gasteiger partial charge is 0.352 e. The Morgan fingerprint density at radius 1 is 1.59 bits per heavy atom. The molecule has 90 valence electrons. The lowest BCUT2D eigenvalue weighted by molar-refractivity contribution is -0.133. The summed E-state index contributed by atoms with van der Waals surface area (Å²) in [6.07, 6.45) is 0.318. The Kier molecular flexibility index (Phi) is 2.90. The van der Waals surface area contributed by atoms with E-state index < -0.39 is 5.97 Å². The first-order valence-electron chi connectivity index (χ1n) is 5.09. The average molecular weight is 237 g/mol. The fourth-order valence-electron chi connectivity index (χ4n) is 1.52. The molecule has 7 heteroatoms. The molecule has 1 aliphatic heterocycles. The van der Waals surface area contributed by atoms with Gasteiger partial charge >= 0.3 is 5.97 Å². The van der Waals surface area contributed by atoms with Crippen molar-refractivity contribution in [3.63, 3.8) is 0 Å². The highest BCUT2D eigenvalue weighted by molar-refractivity contribution is 6.36. The van der Waals surface area contributed by atoms with Gasteiger partial charge in [-0.25, -0.2) is 9.80 Å². The molecule has 2 heterocycles. The molecular formula is C10H11N3O4. The van der Waals surface area contributed by atoms with Gasteiger partial charge in [0, 0.05) is 18.9 Å². The molecule has 1 aromatic rings. The Bertz CT molecular complexity index is 491. The molecule has 0 aromatic carbocycles. The summed E-state index contributed by atoms with van der Waals surface area (Å²) in [5.74, 6) is -0.841. The molecule has 0 fully saturated rings. The van der Waals surface area contributed by atoms with Crippen molar-refractivity contribution in [2.45, 2.75) is 26.3 Å². The number of carboxylic acids is 1. The zero-order valence-electron chi connectivity index (χ0n) is 9.21. The van der Waals surface area contributed by atoms with Crippen molar-refractivity contribution in [1.82, 2.24) is 10.2 Å². The Morgan fingerprint density at radius 3 is 2.94 bits per heavy atom. The van der Waals surface area contributed by atoms with Crippen molar-refractivity contribution >= 4 is 17.6 Å². The van der Waals surface area contributed by atoms with E-state index in [1.165, 1.54) is 0 Å². The number of aromatic nitrogens is 1. The largest absolute Gasteiger partial charge is 0.477 e. The molecule has 0 atom stereocenters. The monoisotopic (exact) mass is 237 g/mol. The van der Waals surface area contributed by atoms with E-state index >= 15 is 0 Å². The molecule has 0 radical (unpaired) electrons. The van der Waals surface area contributed by atoms with Crippen LogP contribution in [-0.4, -0.2) is 32.9 Å². The minimum Gasteiger partial charge on any atom is -0.477 e.